The molecule has 0 saturated carbocycles. The van der Waals surface area contributed by atoms with Crippen molar-refractivity contribution in [2.24, 2.45) is 10.9 Å². The third-order valence-corrected chi connectivity index (χ3v) is 2.93. The lowest BCUT2D eigenvalue weighted by Gasteiger charge is -2.14. The fourth-order valence-electron chi connectivity index (χ4n) is 1.99. The maximum Gasteiger partial charge on any atom is 0.292 e. The lowest BCUT2D eigenvalue weighted by molar-refractivity contribution is 0.506. The quantitative estimate of drug-likeness (QED) is 0.470. The zero-order valence-electron chi connectivity index (χ0n) is 10.2. The largest absolute Gasteiger partial charge is 0.388 e. The summed E-state index contributed by atoms with van der Waals surface area (Å²) in [4.78, 5) is 13.7. The van der Waals surface area contributed by atoms with Crippen molar-refractivity contribution in [1.82, 2.24) is 0 Å². The summed E-state index contributed by atoms with van der Waals surface area (Å²) in [5.41, 5.74) is 1.85. The molecule has 0 bridgehead atoms. The van der Waals surface area contributed by atoms with Crippen LogP contribution < -0.4 is 4.74 Å². The van der Waals surface area contributed by atoms with Gasteiger partial charge in [-0.1, -0.05) is 24.3 Å². The number of rotatable bonds is 4. The van der Waals surface area contributed by atoms with Gasteiger partial charge in [0.05, 0.1) is 5.70 Å². The number of nitriles is 1. The van der Waals surface area contributed by atoms with E-state index in [1.807, 2.05) is 24.3 Å². The molecule has 1 aliphatic carbocycles. The SMILES string of the molecule is N#COc1ccc(CC2C=CC(N=C=O)=CC2)cc1. The highest BCUT2D eigenvalue weighted by Crippen LogP contribution is 2.22. The first kappa shape index (κ1) is 12.8. The predicted octanol–water partition coefficient (Wildman–Crippen LogP) is 2.88. The molecule has 1 aliphatic rings. The Bertz CT molecular complexity index is 588. The summed E-state index contributed by atoms with van der Waals surface area (Å²) in [6.45, 7) is 0. The average Bonchev–Trinajstić information content (AvgIpc) is 2.44. The van der Waals surface area contributed by atoms with Gasteiger partial charge in [-0.05, 0) is 42.5 Å². The molecular formula is C15H12N2O2. The molecule has 2 rings (SSSR count). The lowest BCUT2D eigenvalue weighted by Crippen LogP contribution is -2.03. The van der Waals surface area contributed by atoms with Crippen LogP contribution >= 0.6 is 0 Å². The monoisotopic (exact) mass is 252 g/mol. The van der Waals surface area contributed by atoms with E-state index < -0.39 is 0 Å². The Kier molecular flexibility index (Phi) is 4.28. The van der Waals surface area contributed by atoms with Gasteiger partial charge in [0.25, 0.3) is 6.26 Å². The predicted molar refractivity (Wildman–Crippen MR) is 69.8 cm³/mol. The van der Waals surface area contributed by atoms with Crippen LogP contribution in [0.2, 0.25) is 0 Å². The highest BCUT2D eigenvalue weighted by Gasteiger charge is 2.09. The van der Waals surface area contributed by atoms with Crippen LogP contribution in [0, 0.1) is 17.4 Å². The first-order valence-corrected chi connectivity index (χ1v) is 5.93. The van der Waals surface area contributed by atoms with Gasteiger partial charge in [0.1, 0.15) is 5.75 Å². The highest BCUT2D eigenvalue weighted by molar-refractivity contribution is 5.40. The molecule has 1 unspecified atom stereocenters. The number of hydrogen-bond acceptors (Lipinski definition) is 4. The maximum absolute atomic E-state index is 10.1. The summed E-state index contributed by atoms with van der Waals surface area (Å²) in [6.07, 6.45) is 10.8. The van der Waals surface area contributed by atoms with Gasteiger partial charge >= 0.3 is 0 Å². The molecule has 4 heteroatoms. The number of carbonyl (C=O) groups excluding carboxylic acids is 1. The molecule has 0 spiro atoms. The molecule has 19 heavy (non-hydrogen) atoms. The van der Waals surface area contributed by atoms with Crippen LogP contribution in [0.15, 0.2) is 53.2 Å². The summed E-state index contributed by atoms with van der Waals surface area (Å²) < 4.78 is 4.72. The van der Waals surface area contributed by atoms with Crippen molar-refractivity contribution in [2.75, 3.05) is 0 Å². The number of aliphatic imine (C=N–C) groups is 1. The number of hydrogen-bond donors (Lipinski definition) is 0. The third-order valence-electron chi connectivity index (χ3n) is 2.93. The van der Waals surface area contributed by atoms with Crippen LogP contribution in [-0.2, 0) is 11.2 Å². The fraction of sp³-hybridized carbons (Fsp3) is 0.200. The fourth-order valence-corrected chi connectivity index (χ4v) is 1.99. The van der Waals surface area contributed by atoms with Crippen molar-refractivity contribution in [1.29, 1.82) is 5.26 Å². The Balaban J connectivity index is 1.95. The van der Waals surface area contributed by atoms with E-state index >= 15 is 0 Å². The molecule has 0 fully saturated rings. The summed E-state index contributed by atoms with van der Waals surface area (Å²) in [5.74, 6) is 0.946. The van der Waals surface area contributed by atoms with Gasteiger partial charge < -0.3 is 4.74 Å². The van der Waals surface area contributed by atoms with Gasteiger partial charge in [-0.2, -0.15) is 4.99 Å². The first-order chi connectivity index (χ1) is 9.31. The van der Waals surface area contributed by atoms with Crippen molar-refractivity contribution in [3.8, 4) is 12.0 Å². The topological polar surface area (TPSA) is 62.4 Å². The molecular weight excluding hydrogens is 240 g/mol. The van der Waals surface area contributed by atoms with E-state index in [0.29, 0.717) is 17.4 Å². The standard InChI is InChI=1S/C15H12N2O2/c16-10-19-15-7-3-13(4-8-15)9-12-1-5-14(6-2-12)17-11-18/h1,3-8,12H,2,9H2. The van der Waals surface area contributed by atoms with Crippen molar-refractivity contribution in [3.05, 3.63) is 53.8 Å². The van der Waals surface area contributed by atoms with Crippen molar-refractivity contribution < 1.29 is 9.53 Å². The molecule has 0 aliphatic heterocycles. The minimum atomic E-state index is 0.397. The first-order valence-electron chi connectivity index (χ1n) is 5.93. The average molecular weight is 252 g/mol. The lowest BCUT2D eigenvalue weighted by atomic mass is 9.92. The van der Waals surface area contributed by atoms with Gasteiger partial charge in [0.15, 0.2) is 0 Å². The van der Waals surface area contributed by atoms with Crippen molar-refractivity contribution in [3.63, 3.8) is 0 Å². The highest BCUT2D eigenvalue weighted by atomic mass is 16.5. The van der Waals surface area contributed by atoms with E-state index in [9.17, 15) is 4.79 Å². The summed E-state index contributed by atoms with van der Waals surface area (Å²) in [5, 5.41) is 8.39. The molecule has 1 aromatic carbocycles. The van der Waals surface area contributed by atoms with E-state index in [4.69, 9.17) is 10.00 Å². The summed E-state index contributed by atoms with van der Waals surface area (Å²) >= 11 is 0. The zero-order valence-corrected chi connectivity index (χ0v) is 10.2. The number of isocyanates is 1. The summed E-state index contributed by atoms with van der Waals surface area (Å²) in [6, 6.07) is 7.46. The molecule has 4 nitrogen and oxygen atoms in total. The van der Waals surface area contributed by atoms with E-state index in [2.05, 4.69) is 11.1 Å². The van der Waals surface area contributed by atoms with Crippen molar-refractivity contribution in [2.45, 2.75) is 12.8 Å². The van der Waals surface area contributed by atoms with E-state index in [1.165, 1.54) is 11.6 Å². The molecule has 0 aromatic heterocycles. The molecule has 0 heterocycles. The van der Waals surface area contributed by atoms with E-state index in [0.717, 1.165) is 12.8 Å². The van der Waals surface area contributed by atoms with Gasteiger partial charge in [-0.15, -0.1) is 5.26 Å². The number of ether oxygens (including phenoxy) is 1. The van der Waals surface area contributed by atoms with Gasteiger partial charge in [0, 0.05) is 0 Å². The Morgan fingerprint density at radius 3 is 2.74 bits per heavy atom. The third kappa shape index (κ3) is 3.67. The smallest absolute Gasteiger partial charge is 0.292 e. The molecule has 1 aromatic rings. The molecule has 0 radical (unpaired) electrons. The number of allylic oxidation sites excluding steroid dienone is 3. The number of nitrogens with zero attached hydrogens (tertiary/aromatic N) is 2. The van der Waals surface area contributed by atoms with Crippen LogP contribution in [0.1, 0.15) is 12.0 Å². The molecule has 94 valence electrons. The molecule has 1 atom stereocenters. The zero-order chi connectivity index (χ0) is 13.5. The number of benzene rings is 1. The maximum atomic E-state index is 10.1. The second-order valence-electron chi connectivity index (χ2n) is 4.23. The van der Waals surface area contributed by atoms with Crippen LogP contribution in [-0.4, -0.2) is 6.08 Å². The Morgan fingerprint density at radius 2 is 2.16 bits per heavy atom. The van der Waals surface area contributed by atoms with Gasteiger partial charge in [-0.25, -0.2) is 4.79 Å². The Labute approximate surface area is 111 Å². The molecule has 0 amide bonds. The summed E-state index contributed by atoms with van der Waals surface area (Å²) in [7, 11) is 0. The second-order valence-corrected chi connectivity index (χ2v) is 4.23. The van der Waals surface area contributed by atoms with Crippen LogP contribution in [0.5, 0.6) is 5.75 Å². The normalized spacial score (nSPS) is 17.0. The Morgan fingerprint density at radius 1 is 1.37 bits per heavy atom. The molecule has 0 N–H and O–H groups in total. The Hall–Kier alpha value is -2.63. The van der Waals surface area contributed by atoms with E-state index in [1.54, 1.807) is 18.4 Å². The van der Waals surface area contributed by atoms with Crippen LogP contribution in [0.4, 0.5) is 0 Å². The second kappa shape index (κ2) is 6.34. The van der Waals surface area contributed by atoms with Crippen LogP contribution in [0.3, 0.4) is 0 Å². The van der Waals surface area contributed by atoms with Gasteiger partial charge in [-0.3, -0.25) is 0 Å². The van der Waals surface area contributed by atoms with E-state index in [-0.39, 0.29) is 0 Å². The minimum absolute atomic E-state index is 0.397. The van der Waals surface area contributed by atoms with Crippen LogP contribution in [0.25, 0.3) is 0 Å². The van der Waals surface area contributed by atoms with Gasteiger partial charge in [0.2, 0.25) is 6.08 Å². The molecule has 0 saturated heterocycles. The minimum Gasteiger partial charge on any atom is -0.388 e. The van der Waals surface area contributed by atoms with Crippen molar-refractivity contribution >= 4 is 6.08 Å².